The number of halogens is 1. The predicted molar refractivity (Wildman–Crippen MR) is 154 cm³/mol. The van der Waals surface area contributed by atoms with Crippen LogP contribution in [0.5, 0.6) is 0 Å². The summed E-state index contributed by atoms with van der Waals surface area (Å²) in [4.78, 5) is 37.5. The van der Waals surface area contributed by atoms with E-state index in [1.807, 2.05) is 60.0 Å². The lowest BCUT2D eigenvalue weighted by molar-refractivity contribution is -0.129. The molecular weight excluding hydrogens is 526 g/mol. The van der Waals surface area contributed by atoms with Gasteiger partial charge in [-0.1, -0.05) is 24.9 Å². The van der Waals surface area contributed by atoms with Gasteiger partial charge in [0, 0.05) is 60.3 Å². The van der Waals surface area contributed by atoms with Crippen LogP contribution >= 0.6 is 11.6 Å². The first-order chi connectivity index (χ1) is 19.4. The van der Waals surface area contributed by atoms with Gasteiger partial charge in [0.15, 0.2) is 0 Å². The highest BCUT2D eigenvalue weighted by atomic mass is 35.5. The quantitative estimate of drug-likeness (QED) is 0.363. The molecule has 0 fully saturated rings. The summed E-state index contributed by atoms with van der Waals surface area (Å²) in [5.41, 5.74) is 5.98. The number of nitrogens with zero attached hydrogens (tertiary/aromatic N) is 6. The lowest BCUT2D eigenvalue weighted by atomic mass is 9.93. The Kier molecular flexibility index (Phi) is 6.98. The van der Waals surface area contributed by atoms with Crippen molar-refractivity contribution in [2.75, 3.05) is 11.9 Å². The summed E-state index contributed by atoms with van der Waals surface area (Å²) in [6.07, 6.45) is 13.4. The Morgan fingerprint density at radius 3 is 2.77 bits per heavy atom. The fourth-order valence-electron chi connectivity index (χ4n) is 5.69. The van der Waals surface area contributed by atoms with Crippen LogP contribution in [-0.2, 0) is 16.6 Å². The Bertz CT molecular complexity index is 1610. The molecule has 2 bridgehead atoms. The summed E-state index contributed by atoms with van der Waals surface area (Å²) in [7, 11) is 1.85. The first-order valence-electron chi connectivity index (χ1n) is 13.5. The molecule has 1 N–H and O–H groups in total. The van der Waals surface area contributed by atoms with Gasteiger partial charge in [0.1, 0.15) is 0 Å². The third-order valence-electron chi connectivity index (χ3n) is 7.82. The summed E-state index contributed by atoms with van der Waals surface area (Å²) >= 11 is 6.38. The summed E-state index contributed by atoms with van der Waals surface area (Å²) in [6.45, 7) is 2.48. The number of benzene rings is 1. The van der Waals surface area contributed by atoms with Gasteiger partial charge in [-0.3, -0.25) is 19.3 Å². The van der Waals surface area contributed by atoms with E-state index < -0.39 is 0 Å². The average Bonchev–Trinajstić information content (AvgIpc) is 3.61. The molecule has 1 aromatic carbocycles. The first kappa shape index (κ1) is 26.0. The van der Waals surface area contributed by atoms with Gasteiger partial charge in [-0.25, -0.2) is 4.98 Å². The number of rotatable bonds is 3. The summed E-state index contributed by atoms with van der Waals surface area (Å²) < 4.78 is 3.68. The van der Waals surface area contributed by atoms with Crippen LogP contribution in [0.1, 0.15) is 49.9 Å². The number of hydrogen-bond acceptors (Lipinski definition) is 5. The van der Waals surface area contributed by atoms with Crippen molar-refractivity contribution < 1.29 is 9.59 Å². The topological polar surface area (TPSA) is 97.9 Å². The van der Waals surface area contributed by atoms with Gasteiger partial charge in [-0.05, 0) is 55.2 Å². The van der Waals surface area contributed by atoms with E-state index in [-0.39, 0.29) is 23.8 Å². The Morgan fingerprint density at radius 2 is 1.98 bits per heavy atom. The smallest absolute Gasteiger partial charge is 0.247 e. The van der Waals surface area contributed by atoms with Crippen molar-refractivity contribution in [1.29, 1.82) is 0 Å². The minimum absolute atomic E-state index is 0.0301. The summed E-state index contributed by atoms with van der Waals surface area (Å²) in [5.74, 6) is -0.265. The molecule has 6 rings (SSSR count). The maximum Gasteiger partial charge on any atom is 0.247 e. The molecule has 4 aromatic rings. The number of aromatic nitrogens is 5. The lowest BCUT2D eigenvalue weighted by Gasteiger charge is -2.35. The van der Waals surface area contributed by atoms with Gasteiger partial charge in [0.2, 0.25) is 11.8 Å². The molecular formula is C30H30ClN7O2. The zero-order valence-corrected chi connectivity index (χ0v) is 23.2. The van der Waals surface area contributed by atoms with Crippen LogP contribution in [0.15, 0.2) is 67.5 Å². The zero-order valence-electron chi connectivity index (χ0n) is 22.4. The van der Waals surface area contributed by atoms with Crippen LogP contribution in [0.4, 0.5) is 5.69 Å². The van der Waals surface area contributed by atoms with Crippen LogP contribution in [0.3, 0.4) is 0 Å². The van der Waals surface area contributed by atoms with E-state index in [9.17, 15) is 9.59 Å². The van der Waals surface area contributed by atoms with Crippen molar-refractivity contribution in [1.82, 2.24) is 29.2 Å². The fraction of sp³-hybridized carbons (Fsp3) is 0.300. The number of anilines is 1. The Morgan fingerprint density at radius 1 is 1.10 bits per heavy atom. The SMILES string of the molecule is C[C@@H]1CCC[C@H](N2CCC(c3cc(Cl)ccc3-n3ccnc3)=CC2=O)c2cc(ccn2)-c2c(cnn2C)NC1=O. The normalized spacial score (nSPS) is 19.8. The molecule has 3 aromatic heterocycles. The van der Waals surface area contributed by atoms with Crippen LogP contribution in [0.2, 0.25) is 5.02 Å². The molecule has 5 heterocycles. The van der Waals surface area contributed by atoms with Crippen molar-refractivity contribution in [3.63, 3.8) is 0 Å². The average molecular weight is 556 g/mol. The molecule has 9 nitrogen and oxygen atoms in total. The second kappa shape index (κ2) is 10.7. The van der Waals surface area contributed by atoms with Crippen LogP contribution in [0.25, 0.3) is 22.5 Å². The van der Waals surface area contributed by atoms with Gasteiger partial charge in [0.25, 0.3) is 0 Å². The number of fused-ring (bicyclic) bond motifs is 4. The molecule has 0 radical (unpaired) electrons. The van der Waals surface area contributed by atoms with E-state index in [1.54, 1.807) is 35.7 Å². The van der Waals surface area contributed by atoms with Gasteiger partial charge in [-0.2, -0.15) is 5.10 Å². The van der Waals surface area contributed by atoms with Gasteiger partial charge < -0.3 is 14.8 Å². The molecule has 2 aliphatic rings. The number of hydrogen-bond donors (Lipinski definition) is 1. The van der Waals surface area contributed by atoms with Crippen LogP contribution in [-0.4, -0.2) is 47.6 Å². The lowest BCUT2D eigenvalue weighted by Crippen LogP contribution is -2.38. The van der Waals surface area contributed by atoms with Crippen molar-refractivity contribution in [2.45, 2.75) is 38.6 Å². The Balaban J connectivity index is 1.36. The molecule has 0 saturated heterocycles. The third kappa shape index (κ3) is 4.93. The van der Waals surface area contributed by atoms with Crippen molar-refractivity contribution in [3.8, 4) is 16.9 Å². The molecule has 40 heavy (non-hydrogen) atoms. The number of aryl methyl sites for hydroxylation is 1. The minimum Gasteiger partial charge on any atom is -0.330 e. The minimum atomic E-state index is -0.218. The number of carbonyl (C=O) groups excluding carboxylic acids is 2. The maximum atomic E-state index is 13.7. The molecule has 0 unspecified atom stereocenters. The number of amides is 2. The largest absolute Gasteiger partial charge is 0.330 e. The van der Waals surface area contributed by atoms with E-state index in [0.29, 0.717) is 36.5 Å². The molecule has 2 amide bonds. The van der Waals surface area contributed by atoms with E-state index >= 15 is 0 Å². The van der Waals surface area contributed by atoms with E-state index in [4.69, 9.17) is 16.6 Å². The Labute approximate surface area is 237 Å². The molecule has 2 aliphatic heterocycles. The number of pyridine rings is 1. The molecule has 0 saturated carbocycles. The van der Waals surface area contributed by atoms with Gasteiger partial charge in [0.05, 0.1) is 41.3 Å². The standard InChI is InChI=1S/C30H30ClN7O2/c1-19-4-3-5-27(24-14-21(8-10-33-24)29-25(35-30(19)40)17-34-36(29)2)38-12-9-20(15-28(38)39)23-16-22(31)6-7-26(23)37-13-11-32-18-37/h6-8,10-11,13-19,27H,3-5,9,12H2,1-2H3,(H,35,40)/t19-,27+/m1/s1. The zero-order chi connectivity index (χ0) is 27.8. The highest BCUT2D eigenvalue weighted by Crippen LogP contribution is 2.37. The van der Waals surface area contributed by atoms with E-state index in [2.05, 4.69) is 15.4 Å². The predicted octanol–water partition coefficient (Wildman–Crippen LogP) is 5.44. The monoisotopic (exact) mass is 555 g/mol. The maximum absolute atomic E-state index is 13.7. The highest BCUT2D eigenvalue weighted by molar-refractivity contribution is 6.30. The number of carbonyl (C=O) groups is 2. The van der Waals surface area contributed by atoms with Crippen molar-refractivity contribution >= 4 is 34.7 Å². The molecule has 2 atom stereocenters. The summed E-state index contributed by atoms with van der Waals surface area (Å²) in [5, 5.41) is 8.05. The Hall–Kier alpha value is -4.24. The van der Waals surface area contributed by atoms with Crippen molar-refractivity contribution in [2.24, 2.45) is 13.0 Å². The van der Waals surface area contributed by atoms with E-state index in [0.717, 1.165) is 40.2 Å². The van der Waals surface area contributed by atoms with Crippen LogP contribution in [0, 0.1) is 5.92 Å². The van der Waals surface area contributed by atoms with Gasteiger partial charge in [-0.15, -0.1) is 0 Å². The van der Waals surface area contributed by atoms with Crippen molar-refractivity contribution in [3.05, 3.63) is 83.8 Å². The number of nitrogens with one attached hydrogen (secondary N) is 1. The number of imidazole rings is 1. The highest BCUT2D eigenvalue weighted by Gasteiger charge is 2.30. The first-order valence-corrected chi connectivity index (χ1v) is 13.9. The second-order valence-electron chi connectivity index (χ2n) is 10.4. The molecule has 0 aliphatic carbocycles. The molecule has 204 valence electrons. The van der Waals surface area contributed by atoms with E-state index in [1.165, 1.54) is 0 Å². The third-order valence-corrected chi connectivity index (χ3v) is 8.06. The fourth-order valence-corrected chi connectivity index (χ4v) is 5.86. The molecule has 10 heteroatoms. The van der Waals surface area contributed by atoms with Gasteiger partial charge >= 0.3 is 0 Å². The second-order valence-corrected chi connectivity index (χ2v) is 10.9. The molecule has 0 spiro atoms. The van der Waals surface area contributed by atoms with Crippen LogP contribution < -0.4 is 5.32 Å². The summed E-state index contributed by atoms with van der Waals surface area (Å²) in [6, 6.07) is 9.41.